The molecule has 1 aromatic carbocycles. The Balaban J connectivity index is 2.78. The normalized spacial score (nSPS) is 11.9. The second-order valence-electron chi connectivity index (χ2n) is 2.72. The second-order valence-corrected chi connectivity index (χ2v) is 3.57. The first-order chi connectivity index (χ1) is 6.67. The van der Waals surface area contributed by atoms with Crippen LogP contribution in [0.15, 0.2) is 22.7 Å². The van der Waals surface area contributed by atoms with Crippen LogP contribution >= 0.6 is 15.9 Å². The summed E-state index contributed by atoms with van der Waals surface area (Å²) in [6.45, 7) is 1.85. The maximum atomic E-state index is 12.8. The standard InChI is InChI=1S/C10H9BrFNO/c1-2-7(6-13)14-8-3-4-10(12)9(11)5-8/h3-5,7H,2H2,1H3. The summed E-state index contributed by atoms with van der Waals surface area (Å²) in [4.78, 5) is 0. The van der Waals surface area contributed by atoms with E-state index in [-0.39, 0.29) is 5.82 Å². The van der Waals surface area contributed by atoms with Crippen LogP contribution in [0, 0.1) is 17.1 Å². The van der Waals surface area contributed by atoms with Gasteiger partial charge < -0.3 is 4.74 Å². The molecule has 0 aliphatic heterocycles. The average Bonchev–Trinajstić information content (AvgIpc) is 2.19. The molecule has 0 spiro atoms. The molecule has 1 rings (SSSR count). The van der Waals surface area contributed by atoms with Crippen molar-refractivity contribution in [2.45, 2.75) is 19.4 Å². The van der Waals surface area contributed by atoms with E-state index in [0.717, 1.165) is 0 Å². The topological polar surface area (TPSA) is 33.0 Å². The molecule has 1 atom stereocenters. The van der Waals surface area contributed by atoms with Gasteiger partial charge in [0.05, 0.1) is 4.47 Å². The molecule has 0 heterocycles. The van der Waals surface area contributed by atoms with Gasteiger partial charge in [0.2, 0.25) is 0 Å². The van der Waals surface area contributed by atoms with Crippen molar-refractivity contribution in [2.75, 3.05) is 0 Å². The van der Waals surface area contributed by atoms with E-state index in [0.29, 0.717) is 16.6 Å². The van der Waals surface area contributed by atoms with Gasteiger partial charge in [0, 0.05) is 0 Å². The molecular weight excluding hydrogens is 249 g/mol. The first kappa shape index (κ1) is 11.0. The SMILES string of the molecule is CCC(C#N)Oc1ccc(F)c(Br)c1. The van der Waals surface area contributed by atoms with E-state index in [1.54, 1.807) is 0 Å². The zero-order valence-electron chi connectivity index (χ0n) is 7.63. The lowest BCUT2D eigenvalue weighted by molar-refractivity contribution is 0.251. The Labute approximate surface area is 90.4 Å². The largest absolute Gasteiger partial charge is 0.476 e. The predicted molar refractivity (Wildman–Crippen MR) is 54.4 cm³/mol. The molecular formula is C10H9BrFNO. The third kappa shape index (κ3) is 2.71. The van der Waals surface area contributed by atoms with Crippen LogP contribution in [0.3, 0.4) is 0 Å². The fourth-order valence-corrected chi connectivity index (χ4v) is 1.27. The molecule has 1 aromatic rings. The van der Waals surface area contributed by atoms with E-state index >= 15 is 0 Å². The zero-order chi connectivity index (χ0) is 10.6. The number of halogens is 2. The lowest BCUT2D eigenvalue weighted by Crippen LogP contribution is -2.12. The number of hydrogen-bond donors (Lipinski definition) is 0. The summed E-state index contributed by atoms with van der Waals surface area (Å²) in [5.74, 6) is 0.147. The molecule has 2 nitrogen and oxygen atoms in total. The smallest absolute Gasteiger partial charge is 0.184 e. The van der Waals surface area contributed by atoms with Gasteiger partial charge in [-0.25, -0.2) is 4.39 Å². The Morgan fingerprint density at radius 3 is 2.86 bits per heavy atom. The van der Waals surface area contributed by atoms with E-state index in [1.165, 1.54) is 18.2 Å². The van der Waals surface area contributed by atoms with Crippen LogP contribution in [0.1, 0.15) is 13.3 Å². The maximum absolute atomic E-state index is 12.8. The van der Waals surface area contributed by atoms with Crippen molar-refractivity contribution >= 4 is 15.9 Å². The Hall–Kier alpha value is -1.08. The van der Waals surface area contributed by atoms with E-state index in [4.69, 9.17) is 10.00 Å². The van der Waals surface area contributed by atoms with Crippen molar-refractivity contribution in [2.24, 2.45) is 0 Å². The van der Waals surface area contributed by atoms with Crippen LogP contribution in [0.5, 0.6) is 5.75 Å². The maximum Gasteiger partial charge on any atom is 0.184 e. The lowest BCUT2D eigenvalue weighted by Gasteiger charge is -2.10. The number of ether oxygens (including phenoxy) is 1. The van der Waals surface area contributed by atoms with Crippen molar-refractivity contribution in [1.82, 2.24) is 0 Å². The molecule has 0 fully saturated rings. The molecule has 0 N–H and O–H groups in total. The monoisotopic (exact) mass is 257 g/mol. The van der Waals surface area contributed by atoms with Crippen LogP contribution in [-0.4, -0.2) is 6.10 Å². The van der Waals surface area contributed by atoms with E-state index in [1.807, 2.05) is 13.0 Å². The van der Waals surface area contributed by atoms with Gasteiger partial charge in [-0.15, -0.1) is 0 Å². The second kappa shape index (κ2) is 4.97. The van der Waals surface area contributed by atoms with Gasteiger partial charge in [-0.3, -0.25) is 0 Å². The number of hydrogen-bond acceptors (Lipinski definition) is 2. The van der Waals surface area contributed by atoms with Crippen molar-refractivity contribution in [3.8, 4) is 11.8 Å². The average molecular weight is 258 g/mol. The molecule has 0 saturated carbocycles. The van der Waals surface area contributed by atoms with Crippen LogP contribution in [-0.2, 0) is 0 Å². The predicted octanol–water partition coefficient (Wildman–Crippen LogP) is 3.27. The van der Waals surface area contributed by atoms with E-state index in [2.05, 4.69) is 15.9 Å². The highest BCUT2D eigenvalue weighted by atomic mass is 79.9. The molecule has 0 aromatic heterocycles. The Morgan fingerprint density at radius 2 is 2.36 bits per heavy atom. The fraction of sp³-hybridized carbons (Fsp3) is 0.300. The van der Waals surface area contributed by atoms with Gasteiger partial charge in [0.15, 0.2) is 6.10 Å². The molecule has 14 heavy (non-hydrogen) atoms. The minimum atomic E-state index is -0.479. The third-order valence-electron chi connectivity index (χ3n) is 1.68. The molecule has 4 heteroatoms. The van der Waals surface area contributed by atoms with Crippen molar-refractivity contribution in [1.29, 1.82) is 5.26 Å². The number of rotatable bonds is 3. The highest BCUT2D eigenvalue weighted by Gasteiger charge is 2.07. The Morgan fingerprint density at radius 1 is 1.64 bits per heavy atom. The summed E-state index contributed by atoms with van der Waals surface area (Å²) in [5.41, 5.74) is 0. The minimum absolute atomic E-state index is 0.336. The summed E-state index contributed by atoms with van der Waals surface area (Å²) in [5, 5.41) is 8.65. The zero-order valence-corrected chi connectivity index (χ0v) is 9.21. The van der Waals surface area contributed by atoms with E-state index in [9.17, 15) is 4.39 Å². The summed E-state index contributed by atoms with van der Waals surface area (Å²) in [6, 6.07) is 6.31. The van der Waals surface area contributed by atoms with Crippen LogP contribution in [0.25, 0.3) is 0 Å². The van der Waals surface area contributed by atoms with Gasteiger partial charge in [0.1, 0.15) is 17.6 Å². The van der Waals surface area contributed by atoms with Crippen molar-refractivity contribution in [3.05, 3.63) is 28.5 Å². The van der Waals surface area contributed by atoms with Gasteiger partial charge in [-0.1, -0.05) is 6.92 Å². The van der Waals surface area contributed by atoms with Crippen LogP contribution < -0.4 is 4.74 Å². The van der Waals surface area contributed by atoms with Crippen molar-refractivity contribution in [3.63, 3.8) is 0 Å². The van der Waals surface area contributed by atoms with Gasteiger partial charge in [0.25, 0.3) is 0 Å². The van der Waals surface area contributed by atoms with Gasteiger partial charge >= 0.3 is 0 Å². The van der Waals surface area contributed by atoms with Crippen LogP contribution in [0.4, 0.5) is 4.39 Å². The molecule has 0 amide bonds. The first-order valence-electron chi connectivity index (χ1n) is 4.18. The molecule has 0 radical (unpaired) electrons. The van der Waals surface area contributed by atoms with Gasteiger partial charge in [-0.05, 0) is 40.5 Å². The number of nitriles is 1. The summed E-state index contributed by atoms with van der Waals surface area (Å²) in [6.07, 6.45) is 0.123. The molecule has 1 unspecified atom stereocenters. The number of benzene rings is 1. The highest BCUT2D eigenvalue weighted by Crippen LogP contribution is 2.22. The van der Waals surface area contributed by atoms with Crippen LogP contribution in [0.2, 0.25) is 0 Å². The lowest BCUT2D eigenvalue weighted by atomic mass is 10.3. The molecule has 0 aliphatic carbocycles. The minimum Gasteiger partial charge on any atom is -0.476 e. The highest BCUT2D eigenvalue weighted by molar-refractivity contribution is 9.10. The molecule has 74 valence electrons. The first-order valence-corrected chi connectivity index (χ1v) is 4.98. The fourth-order valence-electron chi connectivity index (χ4n) is 0.915. The Bertz CT molecular complexity index is 362. The quantitative estimate of drug-likeness (QED) is 0.833. The molecule has 0 saturated heterocycles. The van der Waals surface area contributed by atoms with E-state index < -0.39 is 6.10 Å². The third-order valence-corrected chi connectivity index (χ3v) is 2.29. The summed E-state index contributed by atoms with van der Waals surface area (Å²) >= 11 is 3.04. The molecule has 0 bridgehead atoms. The summed E-state index contributed by atoms with van der Waals surface area (Å²) < 4.78 is 18.5. The summed E-state index contributed by atoms with van der Waals surface area (Å²) in [7, 11) is 0. The Kier molecular flexibility index (Phi) is 3.90. The number of nitrogens with zero attached hydrogens (tertiary/aromatic N) is 1. The van der Waals surface area contributed by atoms with Crippen molar-refractivity contribution < 1.29 is 9.13 Å². The van der Waals surface area contributed by atoms with Gasteiger partial charge in [-0.2, -0.15) is 5.26 Å². The molecule has 0 aliphatic rings.